The van der Waals surface area contributed by atoms with Crippen LogP contribution in [0.3, 0.4) is 0 Å². The van der Waals surface area contributed by atoms with Gasteiger partial charge >= 0.3 is 0 Å². The predicted octanol–water partition coefficient (Wildman–Crippen LogP) is 4.49. The summed E-state index contributed by atoms with van der Waals surface area (Å²) in [4.78, 5) is 32.3. The zero-order valence-electron chi connectivity index (χ0n) is 16.1. The smallest absolute Gasteiger partial charge is 0.262 e. The van der Waals surface area contributed by atoms with Crippen molar-refractivity contribution < 1.29 is 4.79 Å². The number of nitrogens with zero attached hydrogens (tertiary/aromatic N) is 3. The van der Waals surface area contributed by atoms with Gasteiger partial charge in [-0.25, -0.2) is 4.98 Å². The van der Waals surface area contributed by atoms with Gasteiger partial charge in [-0.15, -0.1) is 0 Å². The van der Waals surface area contributed by atoms with Gasteiger partial charge in [0.15, 0.2) is 5.16 Å². The third-order valence-corrected chi connectivity index (χ3v) is 6.04. The standard InChI is InChI=1S/C21H22BrN3O2S/c1-4-12-25-19(26)16-13-15(22)10-11-17(16)23-21(25)28-18(20(27)24(2)3)14-8-6-5-7-9-14/h5-11,13,18H,4,12H2,1-3H3. The van der Waals surface area contributed by atoms with Crippen molar-refractivity contribution in [1.29, 1.82) is 0 Å². The zero-order valence-corrected chi connectivity index (χ0v) is 18.5. The molecule has 1 unspecified atom stereocenters. The number of thioether (sulfide) groups is 1. The Labute approximate surface area is 176 Å². The van der Waals surface area contributed by atoms with Crippen molar-refractivity contribution in [3.63, 3.8) is 0 Å². The van der Waals surface area contributed by atoms with Gasteiger partial charge in [0, 0.05) is 25.1 Å². The SMILES string of the molecule is CCCn1c(SC(C(=O)N(C)C)c2ccccc2)nc2ccc(Br)cc2c1=O. The molecule has 0 N–H and O–H groups in total. The molecule has 2 aromatic carbocycles. The summed E-state index contributed by atoms with van der Waals surface area (Å²) in [6.45, 7) is 2.57. The Morgan fingerprint density at radius 1 is 1.21 bits per heavy atom. The maximum Gasteiger partial charge on any atom is 0.262 e. The molecule has 1 atom stereocenters. The number of rotatable bonds is 6. The summed E-state index contributed by atoms with van der Waals surface area (Å²) in [7, 11) is 3.48. The molecular weight excluding hydrogens is 438 g/mol. The Morgan fingerprint density at radius 3 is 2.57 bits per heavy atom. The van der Waals surface area contributed by atoms with Crippen molar-refractivity contribution in [2.24, 2.45) is 0 Å². The van der Waals surface area contributed by atoms with E-state index in [2.05, 4.69) is 15.9 Å². The number of benzene rings is 2. The molecule has 3 aromatic rings. The molecule has 28 heavy (non-hydrogen) atoms. The minimum atomic E-state index is -0.473. The third kappa shape index (κ3) is 4.31. The molecule has 0 aliphatic carbocycles. The first-order valence-electron chi connectivity index (χ1n) is 9.05. The molecule has 0 aliphatic heterocycles. The van der Waals surface area contributed by atoms with Gasteiger partial charge in [0.05, 0.1) is 10.9 Å². The monoisotopic (exact) mass is 459 g/mol. The molecule has 1 aromatic heterocycles. The second kappa shape index (κ2) is 8.92. The maximum atomic E-state index is 13.1. The summed E-state index contributed by atoms with van der Waals surface area (Å²) in [6, 6.07) is 15.1. The van der Waals surface area contributed by atoms with Crippen molar-refractivity contribution in [1.82, 2.24) is 14.5 Å². The number of carbonyl (C=O) groups is 1. The molecule has 0 fully saturated rings. The van der Waals surface area contributed by atoms with E-state index in [1.807, 2.05) is 49.4 Å². The highest BCUT2D eigenvalue weighted by atomic mass is 79.9. The number of hydrogen-bond acceptors (Lipinski definition) is 4. The number of halogens is 1. The quantitative estimate of drug-likeness (QED) is 0.402. The highest BCUT2D eigenvalue weighted by Crippen LogP contribution is 2.35. The fraction of sp³-hybridized carbons (Fsp3) is 0.286. The lowest BCUT2D eigenvalue weighted by atomic mass is 10.1. The maximum absolute atomic E-state index is 13.1. The molecular formula is C21H22BrN3O2S. The van der Waals surface area contributed by atoms with Crippen molar-refractivity contribution in [2.75, 3.05) is 14.1 Å². The molecule has 0 radical (unpaired) electrons. The van der Waals surface area contributed by atoms with Crippen molar-refractivity contribution in [3.8, 4) is 0 Å². The van der Waals surface area contributed by atoms with E-state index in [1.165, 1.54) is 11.8 Å². The summed E-state index contributed by atoms with van der Waals surface area (Å²) < 4.78 is 2.52. The van der Waals surface area contributed by atoms with Crippen LogP contribution in [0.5, 0.6) is 0 Å². The number of amides is 1. The molecule has 146 valence electrons. The topological polar surface area (TPSA) is 55.2 Å². The van der Waals surface area contributed by atoms with Gasteiger partial charge in [-0.3, -0.25) is 14.2 Å². The van der Waals surface area contributed by atoms with Gasteiger partial charge in [0.25, 0.3) is 5.56 Å². The molecule has 0 saturated heterocycles. The molecule has 7 heteroatoms. The van der Waals surface area contributed by atoms with Crippen molar-refractivity contribution in [2.45, 2.75) is 30.3 Å². The first-order chi connectivity index (χ1) is 13.4. The van der Waals surface area contributed by atoms with Crippen LogP contribution >= 0.6 is 27.7 Å². The highest BCUT2D eigenvalue weighted by molar-refractivity contribution is 9.10. The summed E-state index contributed by atoms with van der Waals surface area (Å²) in [5.41, 5.74) is 1.44. The Balaban J connectivity index is 2.14. The number of likely N-dealkylation sites (N-methyl/N-ethyl adjacent to an activating group) is 1. The largest absolute Gasteiger partial charge is 0.348 e. The van der Waals surface area contributed by atoms with Gasteiger partial charge in [-0.1, -0.05) is 64.9 Å². The van der Waals surface area contributed by atoms with Gasteiger partial charge < -0.3 is 4.90 Å². The Morgan fingerprint density at radius 2 is 1.93 bits per heavy atom. The van der Waals surface area contributed by atoms with Gasteiger partial charge in [0.2, 0.25) is 5.91 Å². The van der Waals surface area contributed by atoms with E-state index in [-0.39, 0.29) is 11.5 Å². The normalized spacial score (nSPS) is 12.1. The van der Waals surface area contributed by atoms with E-state index in [1.54, 1.807) is 29.6 Å². The first kappa shape index (κ1) is 20.6. The molecule has 0 aliphatic rings. The highest BCUT2D eigenvalue weighted by Gasteiger charge is 2.26. The molecule has 0 spiro atoms. The van der Waals surface area contributed by atoms with E-state index in [0.717, 1.165) is 16.5 Å². The Hall–Kier alpha value is -2.12. The van der Waals surface area contributed by atoms with Gasteiger partial charge in [-0.05, 0) is 30.2 Å². The van der Waals surface area contributed by atoms with E-state index in [0.29, 0.717) is 22.6 Å². The fourth-order valence-electron chi connectivity index (χ4n) is 2.91. The second-order valence-corrected chi connectivity index (χ2v) is 8.64. The van der Waals surface area contributed by atoms with Crippen LogP contribution in [0.2, 0.25) is 0 Å². The lowest BCUT2D eigenvalue weighted by Gasteiger charge is -2.22. The lowest BCUT2D eigenvalue weighted by Crippen LogP contribution is -2.28. The number of aromatic nitrogens is 2. The van der Waals surface area contributed by atoms with Crippen LogP contribution in [-0.4, -0.2) is 34.5 Å². The van der Waals surface area contributed by atoms with Crippen LogP contribution in [0.15, 0.2) is 63.0 Å². The van der Waals surface area contributed by atoms with Crippen LogP contribution in [0.25, 0.3) is 10.9 Å². The van der Waals surface area contributed by atoms with Crippen molar-refractivity contribution in [3.05, 3.63) is 68.9 Å². The summed E-state index contributed by atoms with van der Waals surface area (Å²) in [5, 5.41) is 0.659. The first-order valence-corrected chi connectivity index (χ1v) is 10.7. The van der Waals surface area contributed by atoms with Crippen LogP contribution in [-0.2, 0) is 11.3 Å². The molecule has 0 saturated carbocycles. The molecule has 1 amide bonds. The van der Waals surface area contributed by atoms with Crippen LogP contribution < -0.4 is 5.56 Å². The molecule has 3 rings (SSSR count). The number of fused-ring (bicyclic) bond motifs is 1. The summed E-state index contributed by atoms with van der Waals surface area (Å²) >= 11 is 4.75. The Kier molecular flexibility index (Phi) is 6.57. The summed E-state index contributed by atoms with van der Waals surface area (Å²) in [5.74, 6) is -0.0376. The van der Waals surface area contributed by atoms with Gasteiger partial charge in [-0.2, -0.15) is 0 Å². The minimum Gasteiger partial charge on any atom is -0.348 e. The average molecular weight is 460 g/mol. The lowest BCUT2D eigenvalue weighted by molar-refractivity contribution is -0.128. The van der Waals surface area contributed by atoms with E-state index in [9.17, 15) is 9.59 Å². The molecule has 1 heterocycles. The molecule has 0 bridgehead atoms. The third-order valence-electron chi connectivity index (χ3n) is 4.32. The Bertz CT molecular complexity index is 1050. The van der Waals surface area contributed by atoms with Crippen molar-refractivity contribution >= 4 is 44.5 Å². The number of carbonyl (C=O) groups excluding carboxylic acids is 1. The minimum absolute atomic E-state index is 0.0376. The van der Waals surface area contributed by atoms with E-state index < -0.39 is 5.25 Å². The van der Waals surface area contributed by atoms with Gasteiger partial charge in [0.1, 0.15) is 5.25 Å². The second-order valence-electron chi connectivity index (χ2n) is 6.65. The average Bonchev–Trinajstić information content (AvgIpc) is 2.69. The van der Waals surface area contributed by atoms with Crippen LogP contribution in [0.1, 0.15) is 24.2 Å². The number of hydrogen-bond donors (Lipinski definition) is 0. The van der Waals surface area contributed by atoms with E-state index >= 15 is 0 Å². The van der Waals surface area contributed by atoms with Crippen LogP contribution in [0, 0.1) is 0 Å². The fourth-order valence-corrected chi connectivity index (χ4v) is 4.54. The van der Waals surface area contributed by atoms with Crippen LogP contribution in [0.4, 0.5) is 0 Å². The predicted molar refractivity (Wildman–Crippen MR) is 118 cm³/mol. The zero-order chi connectivity index (χ0) is 20.3. The van der Waals surface area contributed by atoms with E-state index in [4.69, 9.17) is 4.98 Å². The molecule has 5 nitrogen and oxygen atoms in total. The summed E-state index contributed by atoms with van der Waals surface area (Å²) in [6.07, 6.45) is 0.798.